The molecule has 1 N–H and O–H groups in total. The Bertz CT molecular complexity index is 761. The number of nitro groups is 1. The number of aromatic nitrogens is 2. The van der Waals surface area contributed by atoms with Crippen molar-refractivity contribution in [3.05, 3.63) is 34.6 Å². The molecule has 1 amide bonds. The van der Waals surface area contributed by atoms with Gasteiger partial charge in [0.25, 0.3) is 11.6 Å². The molecule has 1 atom stereocenters. The number of nitrogens with one attached hydrogen (secondary N) is 1. The molecule has 3 rings (SSSR count). The van der Waals surface area contributed by atoms with Crippen LogP contribution < -0.4 is 10.1 Å². The van der Waals surface area contributed by atoms with Gasteiger partial charge in [0.1, 0.15) is 6.33 Å². The molecule has 126 valence electrons. The second-order valence-electron chi connectivity index (χ2n) is 5.37. The van der Waals surface area contributed by atoms with Crippen molar-refractivity contribution in [2.24, 2.45) is 0 Å². The van der Waals surface area contributed by atoms with Crippen molar-refractivity contribution in [3.63, 3.8) is 0 Å². The molecule has 0 unspecified atom stereocenters. The normalized spacial score (nSPS) is 16.9. The van der Waals surface area contributed by atoms with E-state index in [2.05, 4.69) is 15.3 Å². The van der Waals surface area contributed by atoms with Crippen LogP contribution in [0.5, 0.6) is 5.88 Å². The lowest BCUT2D eigenvalue weighted by Gasteiger charge is -2.11. The highest BCUT2D eigenvalue weighted by Gasteiger charge is 2.17. The lowest BCUT2D eigenvalue weighted by atomic mass is 10.2. The molecule has 0 bridgehead atoms. The van der Waals surface area contributed by atoms with Gasteiger partial charge in [-0.2, -0.15) is 0 Å². The number of nitrogens with zero attached hydrogens (tertiary/aromatic N) is 3. The standard InChI is InChI=1S/C15H16N4O5/c20-14(16-7-11-2-1-5-23-11)8-24-15-12-4-3-10(19(21)22)6-13(12)17-9-18-15/h3-4,6,9,11H,1-2,5,7-8H2,(H,16,20)/t11-/m0/s1. The SMILES string of the molecule is O=C(COc1ncnc2cc([N+](=O)[O-])ccc12)NC[C@@H]1CCCO1. The summed E-state index contributed by atoms with van der Waals surface area (Å²) in [6, 6.07) is 4.19. The van der Waals surface area contributed by atoms with E-state index in [1.165, 1.54) is 24.5 Å². The number of hydrogen-bond donors (Lipinski definition) is 1. The maximum absolute atomic E-state index is 11.8. The van der Waals surface area contributed by atoms with E-state index in [0.717, 1.165) is 19.4 Å². The molecule has 24 heavy (non-hydrogen) atoms. The predicted octanol–water partition coefficient (Wildman–Crippen LogP) is 1.21. The quantitative estimate of drug-likeness (QED) is 0.624. The number of nitro benzene ring substituents is 1. The lowest BCUT2D eigenvalue weighted by molar-refractivity contribution is -0.384. The van der Waals surface area contributed by atoms with E-state index < -0.39 is 4.92 Å². The Balaban J connectivity index is 1.62. The van der Waals surface area contributed by atoms with Gasteiger partial charge in [0.2, 0.25) is 5.88 Å². The molecule has 9 nitrogen and oxygen atoms in total. The summed E-state index contributed by atoms with van der Waals surface area (Å²) in [5.74, 6) is -0.0682. The van der Waals surface area contributed by atoms with Gasteiger partial charge in [0, 0.05) is 25.3 Å². The third-order valence-electron chi connectivity index (χ3n) is 3.69. The molecule has 1 fully saturated rings. The van der Waals surface area contributed by atoms with Crippen LogP contribution in [0.15, 0.2) is 24.5 Å². The molecule has 1 aromatic carbocycles. The van der Waals surface area contributed by atoms with Crippen molar-refractivity contribution in [1.29, 1.82) is 0 Å². The number of ether oxygens (including phenoxy) is 2. The van der Waals surface area contributed by atoms with Crippen LogP contribution in [-0.4, -0.2) is 46.7 Å². The van der Waals surface area contributed by atoms with E-state index in [4.69, 9.17) is 9.47 Å². The summed E-state index contributed by atoms with van der Waals surface area (Å²) in [4.78, 5) is 30.1. The highest BCUT2D eigenvalue weighted by Crippen LogP contribution is 2.25. The third kappa shape index (κ3) is 3.74. The summed E-state index contributed by atoms with van der Waals surface area (Å²) in [5.41, 5.74) is 0.315. The Kier molecular flexibility index (Phi) is 4.80. The molecule has 0 spiro atoms. The van der Waals surface area contributed by atoms with Crippen LogP contribution in [0.3, 0.4) is 0 Å². The van der Waals surface area contributed by atoms with Gasteiger partial charge < -0.3 is 14.8 Å². The van der Waals surface area contributed by atoms with Crippen LogP contribution in [0.25, 0.3) is 10.9 Å². The number of carbonyl (C=O) groups excluding carboxylic acids is 1. The zero-order valence-corrected chi connectivity index (χ0v) is 12.8. The van der Waals surface area contributed by atoms with Gasteiger partial charge in [-0.25, -0.2) is 9.97 Å². The fourth-order valence-corrected chi connectivity index (χ4v) is 2.47. The van der Waals surface area contributed by atoms with E-state index in [-0.39, 0.29) is 30.2 Å². The maximum atomic E-state index is 11.8. The Hall–Kier alpha value is -2.81. The summed E-state index contributed by atoms with van der Waals surface area (Å²) in [7, 11) is 0. The summed E-state index contributed by atoms with van der Waals surface area (Å²) in [5, 5.41) is 14.0. The van der Waals surface area contributed by atoms with Crippen molar-refractivity contribution >= 4 is 22.5 Å². The highest BCUT2D eigenvalue weighted by molar-refractivity contribution is 5.85. The molecule has 9 heteroatoms. The number of benzene rings is 1. The maximum Gasteiger partial charge on any atom is 0.271 e. The van der Waals surface area contributed by atoms with Gasteiger partial charge in [-0.05, 0) is 18.9 Å². The minimum atomic E-state index is -0.499. The van der Waals surface area contributed by atoms with Gasteiger partial charge in [-0.15, -0.1) is 0 Å². The summed E-state index contributed by atoms with van der Waals surface area (Å²) in [6.07, 6.45) is 3.26. The number of non-ortho nitro benzene ring substituents is 1. The number of amides is 1. The largest absolute Gasteiger partial charge is 0.467 e. The minimum Gasteiger partial charge on any atom is -0.467 e. The first kappa shape index (κ1) is 16.1. The first-order valence-electron chi connectivity index (χ1n) is 7.54. The fraction of sp³-hybridized carbons (Fsp3) is 0.400. The molecule has 0 radical (unpaired) electrons. The third-order valence-corrected chi connectivity index (χ3v) is 3.69. The zero-order chi connectivity index (χ0) is 16.9. The van der Waals surface area contributed by atoms with E-state index >= 15 is 0 Å². The minimum absolute atomic E-state index is 0.0642. The summed E-state index contributed by atoms with van der Waals surface area (Å²) in [6.45, 7) is 0.991. The van der Waals surface area contributed by atoms with Crippen LogP contribution in [0.4, 0.5) is 5.69 Å². The van der Waals surface area contributed by atoms with Crippen molar-refractivity contribution in [3.8, 4) is 5.88 Å². The second kappa shape index (κ2) is 7.18. The molecule has 0 aliphatic carbocycles. The topological polar surface area (TPSA) is 116 Å². The molecule has 1 aliphatic heterocycles. The Labute approximate surface area is 137 Å². The second-order valence-corrected chi connectivity index (χ2v) is 5.37. The molecular weight excluding hydrogens is 316 g/mol. The van der Waals surface area contributed by atoms with Crippen molar-refractivity contribution < 1.29 is 19.2 Å². The summed E-state index contributed by atoms with van der Waals surface area (Å²) >= 11 is 0. The van der Waals surface area contributed by atoms with Gasteiger partial charge in [0.15, 0.2) is 6.61 Å². The van der Waals surface area contributed by atoms with E-state index in [9.17, 15) is 14.9 Å². The molecule has 1 aliphatic rings. The molecule has 2 aromatic rings. The van der Waals surface area contributed by atoms with E-state index in [1.807, 2.05) is 0 Å². The van der Waals surface area contributed by atoms with Crippen LogP contribution in [-0.2, 0) is 9.53 Å². The Morgan fingerprint density at radius 1 is 1.46 bits per heavy atom. The number of hydrogen-bond acceptors (Lipinski definition) is 7. The Morgan fingerprint density at radius 3 is 3.08 bits per heavy atom. The van der Waals surface area contributed by atoms with Crippen LogP contribution in [0.2, 0.25) is 0 Å². The van der Waals surface area contributed by atoms with Gasteiger partial charge in [-0.1, -0.05) is 0 Å². The molecule has 1 saturated heterocycles. The average Bonchev–Trinajstić information content (AvgIpc) is 3.11. The zero-order valence-electron chi connectivity index (χ0n) is 12.8. The van der Waals surface area contributed by atoms with Crippen LogP contribution >= 0.6 is 0 Å². The van der Waals surface area contributed by atoms with Gasteiger partial charge >= 0.3 is 0 Å². The average molecular weight is 332 g/mol. The van der Waals surface area contributed by atoms with E-state index in [1.54, 1.807) is 0 Å². The molecular formula is C15H16N4O5. The predicted molar refractivity (Wildman–Crippen MR) is 83.7 cm³/mol. The highest BCUT2D eigenvalue weighted by atomic mass is 16.6. The van der Waals surface area contributed by atoms with Crippen molar-refractivity contribution in [2.45, 2.75) is 18.9 Å². The Morgan fingerprint density at radius 2 is 2.33 bits per heavy atom. The van der Waals surface area contributed by atoms with E-state index in [0.29, 0.717) is 17.4 Å². The lowest BCUT2D eigenvalue weighted by Crippen LogP contribution is -2.35. The first-order valence-corrected chi connectivity index (χ1v) is 7.54. The molecule has 0 saturated carbocycles. The number of carbonyl (C=O) groups is 1. The van der Waals surface area contributed by atoms with Gasteiger partial charge in [-0.3, -0.25) is 14.9 Å². The van der Waals surface area contributed by atoms with Crippen LogP contribution in [0, 0.1) is 10.1 Å². The summed E-state index contributed by atoms with van der Waals surface area (Å²) < 4.78 is 10.8. The first-order chi connectivity index (χ1) is 11.6. The van der Waals surface area contributed by atoms with Gasteiger partial charge in [0.05, 0.1) is 21.9 Å². The van der Waals surface area contributed by atoms with Crippen molar-refractivity contribution in [2.75, 3.05) is 19.8 Å². The van der Waals surface area contributed by atoms with Crippen molar-refractivity contribution in [1.82, 2.24) is 15.3 Å². The molecule has 1 aromatic heterocycles. The monoisotopic (exact) mass is 332 g/mol. The number of fused-ring (bicyclic) bond motifs is 1. The fourth-order valence-electron chi connectivity index (χ4n) is 2.47. The smallest absolute Gasteiger partial charge is 0.271 e. The van der Waals surface area contributed by atoms with Crippen LogP contribution in [0.1, 0.15) is 12.8 Å². The number of rotatable bonds is 6. The molecule has 2 heterocycles.